The minimum absolute atomic E-state index is 0.00686. The Balaban J connectivity index is 2.23. The lowest BCUT2D eigenvalue weighted by Crippen LogP contribution is -2.05. The summed E-state index contributed by atoms with van der Waals surface area (Å²) >= 11 is 5.03. The minimum atomic E-state index is -0.216. The number of rotatable bonds is 3. The standard InChI is InChI=1S/C14H13BrFNS/c1-9(17)13-6-5-12(8-14(13)15)18-11-4-2-3-10(16)7-11/h2-9H,17H2,1H3/t9-/m1/s1. The zero-order chi connectivity index (χ0) is 13.1. The van der Waals surface area contributed by atoms with E-state index in [1.54, 1.807) is 6.07 Å². The van der Waals surface area contributed by atoms with Gasteiger partial charge in [-0.25, -0.2) is 4.39 Å². The quantitative estimate of drug-likeness (QED) is 0.880. The fraction of sp³-hybridized carbons (Fsp3) is 0.143. The van der Waals surface area contributed by atoms with Crippen LogP contribution in [0.3, 0.4) is 0 Å². The van der Waals surface area contributed by atoms with Gasteiger partial charge in [-0.3, -0.25) is 0 Å². The van der Waals surface area contributed by atoms with Crippen molar-refractivity contribution in [3.05, 3.63) is 58.3 Å². The van der Waals surface area contributed by atoms with Crippen LogP contribution in [0.25, 0.3) is 0 Å². The van der Waals surface area contributed by atoms with Crippen LogP contribution < -0.4 is 5.73 Å². The van der Waals surface area contributed by atoms with E-state index in [0.29, 0.717) is 0 Å². The Kier molecular flexibility index (Phi) is 4.43. The lowest BCUT2D eigenvalue weighted by Gasteiger charge is -2.10. The molecular formula is C14H13BrFNS. The van der Waals surface area contributed by atoms with Crippen molar-refractivity contribution in [2.45, 2.75) is 22.8 Å². The van der Waals surface area contributed by atoms with Gasteiger partial charge in [-0.15, -0.1) is 0 Å². The molecule has 0 radical (unpaired) electrons. The lowest BCUT2D eigenvalue weighted by atomic mass is 10.1. The van der Waals surface area contributed by atoms with Crippen molar-refractivity contribution in [1.29, 1.82) is 0 Å². The molecule has 0 fully saturated rings. The molecule has 0 saturated carbocycles. The van der Waals surface area contributed by atoms with Crippen molar-refractivity contribution in [3.8, 4) is 0 Å². The second-order valence-electron chi connectivity index (χ2n) is 4.03. The van der Waals surface area contributed by atoms with E-state index in [-0.39, 0.29) is 11.9 Å². The maximum Gasteiger partial charge on any atom is 0.124 e. The topological polar surface area (TPSA) is 26.0 Å². The van der Waals surface area contributed by atoms with E-state index in [9.17, 15) is 4.39 Å². The van der Waals surface area contributed by atoms with Crippen LogP contribution in [0.15, 0.2) is 56.7 Å². The molecule has 0 aliphatic heterocycles. The summed E-state index contributed by atoms with van der Waals surface area (Å²) in [7, 11) is 0. The third-order valence-electron chi connectivity index (χ3n) is 2.49. The van der Waals surface area contributed by atoms with Crippen LogP contribution in [0.2, 0.25) is 0 Å². The van der Waals surface area contributed by atoms with E-state index in [4.69, 9.17) is 5.73 Å². The van der Waals surface area contributed by atoms with Crippen molar-refractivity contribution in [3.63, 3.8) is 0 Å². The average Bonchev–Trinajstić information content (AvgIpc) is 2.28. The monoisotopic (exact) mass is 325 g/mol. The molecule has 0 spiro atoms. The second-order valence-corrected chi connectivity index (χ2v) is 6.03. The number of hydrogen-bond acceptors (Lipinski definition) is 2. The summed E-state index contributed by atoms with van der Waals surface area (Å²) in [5.41, 5.74) is 6.92. The summed E-state index contributed by atoms with van der Waals surface area (Å²) in [5.74, 6) is -0.216. The minimum Gasteiger partial charge on any atom is -0.324 e. The Morgan fingerprint density at radius 2 is 1.89 bits per heavy atom. The van der Waals surface area contributed by atoms with Gasteiger partial charge in [0, 0.05) is 20.3 Å². The second kappa shape index (κ2) is 5.87. The summed E-state index contributed by atoms with van der Waals surface area (Å²) in [6, 6.07) is 12.6. The first-order valence-corrected chi connectivity index (χ1v) is 7.15. The van der Waals surface area contributed by atoms with Gasteiger partial charge in [0.15, 0.2) is 0 Å². The van der Waals surface area contributed by atoms with E-state index in [1.807, 2.05) is 31.2 Å². The van der Waals surface area contributed by atoms with Crippen LogP contribution >= 0.6 is 27.7 Å². The average molecular weight is 326 g/mol. The van der Waals surface area contributed by atoms with E-state index in [1.165, 1.54) is 23.9 Å². The predicted octanol–water partition coefficient (Wildman–Crippen LogP) is 4.76. The molecule has 2 N–H and O–H groups in total. The maximum atomic E-state index is 13.1. The molecule has 0 amide bonds. The smallest absolute Gasteiger partial charge is 0.124 e. The van der Waals surface area contributed by atoms with Gasteiger partial charge < -0.3 is 5.73 Å². The van der Waals surface area contributed by atoms with Crippen molar-refractivity contribution in [2.75, 3.05) is 0 Å². The maximum absolute atomic E-state index is 13.1. The molecular weight excluding hydrogens is 313 g/mol. The Morgan fingerprint density at radius 1 is 1.17 bits per heavy atom. The van der Waals surface area contributed by atoms with Gasteiger partial charge in [0.1, 0.15) is 5.82 Å². The summed E-state index contributed by atoms with van der Waals surface area (Å²) < 4.78 is 14.1. The summed E-state index contributed by atoms with van der Waals surface area (Å²) in [6.07, 6.45) is 0. The zero-order valence-corrected chi connectivity index (χ0v) is 12.3. The first kappa shape index (κ1) is 13.6. The van der Waals surface area contributed by atoms with Gasteiger partial charge in [-0.2, -0.15) is 0 Å². The van der Waals surface area contributed by atoms with Gasteiger partial charge in [-0.1, -0.05) is 39.8 Å². The molecule has 0 aliphatic rings. The van der Waals surface area contributed by atoms with Crippen molar-refractivity contribution >= 4 is 27.7 Å². The molecule has 94 valence electrons. The van der Waals surface area contributed by atoms with Crippen LogP contribution in [0, 0.1) is 5.82 Å². The molecule has 2 rings (SSSR count). The van der Waals surface area contributed by atoms with Gasteiger partial charge in [-0.05, 0) is 42.8 Å². The molecule has 0 bridgehead atoms. The number of halogens is 2. The van der Waals surface area contributed by atoms with E-state index in [0.717, 1.165) is 19.8 Å². The zero-order valence-electron chi connectivity index (χ0n) is 9.86. The highest BCUT2D eigenvalue weighted by molar-refractivity contribution is 9.10. The summed E-state index contributed by atoms with van der Waals surface area (Å²) in [6.45, 7) is 1.94. The first-order valence-electron chi connectivity index (χ1n) is 5.54. The summed E-state index contributed by atoms with van der Waals surface area (Å²) in [4.78, 5) is 1.94. The Labute approximate surface area is 119 Å². The molecule has 1 nitrogen and oxygen atoms in total. The molecule has 0 heterocycles. The Hall–Kier alpha value is -0.840. The van der Waals surface area contributed by atoms with Gasteiger partial charge in [0.25, 0.3) is 0 Å². The van der Waals surface area contributed by atoms with E-state index in [2.05, 4.69) is 15.9 Å². The SMILES string of the molecule is C[C@@H](N)c1ccc(Sc2cccc(F)c2)cc1Br. The molecule has 4 heteroatoms. The fourth-order valence-electron chi connectivity index (χ4n) is 1.61. The molecule has 1 atom stereocenters. The van der Waals surface area contributed by atoms with Gasteiger partial charge in [0.2, 0.25) is 0 Å². The highest BCUT2D eigenvalue weighted by Crippen LogP contribution is 2.32. The predicted molar refractivity (Wildman–Crippen MR) is 77.3 cm³/mol. The molecule has 0 aliphatic carbocycles. The molecule has 0 unspecified atom stereocenters. The highest BCUT2D eigenvalue weighted by atomic mass is 79.9. The summed E-state index contributed by atoms with van der Waals surface area (Å²) in [5, 5.41) is 0. The largest absolute Gasteiger partial charge is 0.324 e. The van der Waals surface area contributed by atoms with Crippen molar-refractivity contribution < 1.29 is 4.39 Å². The van der Waals surface area contributed by atoms with Crippen LogP contribution in [-0.4, -0.2) is 0 Å². The van der Waals surface area contributed by atoms with Crippen LogP contribution in [0.1, 0.15) is 18.5 Å². The third-order valence-corrected chi connectivity index (χ3v) is 4.16. The number of nitrogens with two attached hydrogens (primary N) is 1. The van der Waals surface area contributed by atoms with Gasteiger partial charge in [0.05, 0.1) is 0 Å². The van der Waals surface area contributed by atoms with Crippen LogP contribution in [-0.2, 0) is 0 Å². The molecule has 2 aromatic carbocycles. The van der Waals surface area contributed by atoms with Crippen molar-refractivity contribution in [1.82, 2.24) is 0 Å². The van der Waals surface area contributed by atoms with Crippen LogP contribution in [0.4, 0.5) is 4.39 Å². The van der Waals surface area contributed by atoms with Gasteiger partial charge >= 0.3 is 0 Å². The number of benzene rings is 2. The first-order chi connectivity index (χ1) is 8.56. The Morgan fingerprint density at radius 3 is 2.50 bits per heavy atom. The molecule has 0 aromatic heterocycles. The Bertz CT molecular complexity index is 557. The number of hydrogen-bond donors (Lipinski definition) is 1. The molecule has 0 saturated heterocycles. The lowest BCUT2D eigenvalue weighted by molar-refractivity contribution is 0.624. The molecule has 2 aromatic rings. The van der Waals surface area contributed by atoms with E-state index < -0.39 is 0 Å². The normalized spacial score (nSPS) is 12.4. The van der Waals surface area contributed by atoms with E-state index >= 15 is 0 Å². The fourth-order valence-corrected chi connectivity index (χ4v) is 3.40. The van der Waals surface area contributed by atoms with Crippen LogP contribution in [0.5, 0.6) is 0 Å². The third kappa shape index (κ3) is 3.34. The van der Waals surface area contributed by atoms with Crippen molar-refractivity contribution in [2.24, 2.45) is 5.73 Å². The molecule has 18 heavy (non-hydrogen) atoms. The highest BCUT2D eigenvalue weighted by Gasteiger charge is 2.06.